The van der Waals surface area contributed by atoms with Crippen molar-refractivity contribution < 1.29 is 15.0 Å². The lowest BCUT2D eigenvalue weighted by Crippen LogP contribution is -2.45. The summed E-state index contributed by atoms with van der Waals surface area (Å²) < 4.78 is 0. The second-order valence-corrected chi connectivity index (χ2v) is 4.48. The molecule has 0 saturated heterocycles. The van der Waals surface area contributed by atoms with Crippen LogP contribution in [0, 0.1) is 0 Å². The number of aliphatic carboxylic acids is 1. The molecular formula is C12H18N2O3S. The van der Waals surface area contributed by atoms with E-state index in [2.05, 4.69) is 17.9 Å². The van der Waals surface area contributed by atoms with Gasteiger partial charge in [0.2, 0.25) is 0 Å². The molecule has 18 heavy (non-hydrogen) atoms. The van der Waals surface area contributed by atoms with Crippen molar-refractivity contribution in [1.82, 2.24) is 5.32 Å². The van der Waals surface area contributed by atoms with Crippen LogP contribution in [0.5, 0.6) is 5.75 Å². The molecule has 0 spiro atoms. The molecule has 1 aromatic rings. The van der Waals surface area contributed by atoms with Crippen LogP contribution < -0.4 is 11.1 Å². The third kappa shape index (κ3) is 4.95. The fraction of sp³-hybridized carbons (Fsp3) is 0.417. The molecule has 0 amide bonds. The minimum atomic E-state index is -0.922. The van der Waals surface area contributed by atoms with Crippen LogP contribution in [0.15, 0.2) is 24.3 Å². The fourth-order valence-electron chi connectivity index (χ4n) is 1.47. The van der Waals surface area contributed by atoms with Gasteiger partial charge in [0.25, 0.3) is 0 Å². The molecule has 0 unspecified atom stereocenters. The summed E-state index contributed by atoms with van der Waals surface area (Å²) in [5.41, 5.74) is 6.51. The standard InChI is InChI=1S/C12H18N2O3S/c13-9(7-18)6-14-11(12(16)17)5-8-1-3-10(15)4-2-8/h1-4,9,11,14-15,18H,5-7,13H2,(H,16,17)/t9-,11+/m1/s1. The number of carboxylic acid groups (broad SMARTS) is 1. The molecule has 1 aromatic carbocycles. The van der Waals surface area contributed by atoms with Crippen molar-refractivity contribution in [2.75, 3.05) is 12.3 Å². The minimum absolute atomic E-state index is 0.163. The second-order valence-electron chi connectivity index (χ2n) is 4.11. The lowest BCUT2D eigenvalue weighted by Gasteiger charge is -2.17. The molecule has 0 aromatic heterocycles. The maximum atomic E-state index is 11.1. The summed E-state index contributed by atoms with van der Waals surface area (Å²) in [6.45, 7) is 0.401. The highest BCUT2D eigenvalue weighted by Gasteiger charge is 2.18. The monoisotopic (exact) mass is 270 g/mol. The van der Waals surface area contributed by atoms with E-state index >= 15 is 0 Å². The predicted octanol–water partition coefficient (Wildman–Crippen LogP) is 0.235. The van der Waals surface area contributed by atoms with Crippen LogP contribution >= 0.6 is 12.6 Å². The van der Waals surface area contributed by atoms with Gasteiger partial charge in [0.1, 0.15) is 11.8 Å². The second kappa shape index (κ2) is 7.25. The zero-order valence-corrected chi connectivity index (χ0v) is 10.8. The van der Waals surface area contributed by atoms with Gasteiger partial charge in [-0.1, -0.05) is 12.1 Å². The number of nitrogens with one attached hydrogen (secondary N) is 1. The molecular weight excluding hydrogens is 252 g/mol. The molecule has 2 atom stereocenters. The smallest absolute Gasteiger partial charge is 0.321 e. The van der Waals surface area contributed by atoms with Crippen molar-refractivity contribution in [2.24, 2.45) is 5.73 Å². The molecule has 0 heterocycles. The Kier molecular flexibility index (Phi) is 5.97. The summed E-state index contributed by atoms with van der Waals surface area (Å²) in [7, 11) is 0. The number of thiol groups is 1. The average Bonchev–Trinajstić information content (AvgIpc) is 2.35. The van der Waals surface area contributed by atoms with E-state index in [1.54, 1.807) is 12.1 Å². The molecule has 0 aliphatic rings. The average molecular weight is 270 g/mol. The largest absolute Gasteiger partial charge is 0.508 e. The van der Waals surface area contributed by atoms with Crippen LogP contribution in [0.1, 0.15) is 5.56 Å². The topological polar surface area (TPSA) is 95.6 Å². The Morgan fingerprint density at radius 3 is 2.50 bits per heavy atom. The summed E-state index contributed by atoms with van der Waals surface area (Å²) in [6, 6.07) is 5.61. The summed E-state index contributed by atoms with van der Waals surface area (Å²) in [4.78, 5) is 11.1. The number of carboxylic acids is 1. The van der Waals surface area contributed by atoms with E-state index < -0.39 is 12.0 Å². The van der Waals surface area contributed by atoms with Gasteiger partial charge in [0.15, 0.2) is 0 Å². The van der Waals surface area contributed by atoms with Gasteiger partial charge in [-0.3, -0.25) is 4.79 Å². The van der Waals surface area contributed by atoms with Crippen molar-refractivity contribution in [3.63, 3.8) is 0 Å². The SMILES string of the molecule is N[C@@H](CS)CN[C@@H](Cc1ccc(O)cc1)C(=O)O. The number of aromatic hydroxyl groups is 1. The van der Waals surface area contributed by atoms with Crippen molar-refractivity contribution in [1.29, 1.82) is 0 Å². The molecule has 0 aliphatic heterocycles. The first-order valence-electron chi connectivity index (χ1n) is 5.63. The lowest BCUT2D eigenvalue weighted by molar-refractivity contribution is -0.139. The Labute approximate surface area is 111 Å². The van der Waals surface area contributed by atoms with Gasteiger partial charge in [-0.05, 0) is 24.1 Å². The van der Waals surface area contributed by atoms with Gasteiger partial charge >= 0.3 is 5.97 Å². The molecule has 0 bridgehead atoms. The summed E-state index contributed by atoms with van der Waals surface area (Å²) in [5.74, 6) is -0.261. The molecule has 5 nitrogen and oxygen atoms in total. The van der Waals surface area contributed by atoms with Crippen LogP contribution in [-0.4, -0.2) is 40.6 Å². The maximum absolute atomic E-state index is 11.1. The van der Waals surface area contributed by atoms with E-state index in [1.165, 1.54) is 12.1 Å². The first kappa shape index (κ1) is 14.8. The van der Waals surface area contributed by atoms with Gasteiger partial charge in [-0.25, -0.2) is 0 Å². The van der Waals surface area contributed by atoms with Crippen molar-refractivity contribution in [2.45, 2.75) is 18.5 Å². The Hall–Kier alpha value is -1.24. The maximum Gasteiger partial charge on any atom is 0.321 e. The molecule has 6 heteroatoms. The Bertz CT molecular complexity index is 383. The van der Waals surface area contributed by atoms with Crippen LogP contribution in [0.3, 0.4) is 0 Å². The summed E-state index contributed by atoms with van der Waals surface area (Å²) in [6.07, 6.45) is 0.342. The number of phenols is 1. The molecule has 0 aliphatic carbocycles. The summed E-state index contributed by atoms with van der Waals surface area (Å²) in [5, 5.41) is 21.2. The lowest BCUT2D eigenvalue weighted by atomic mass is 10.1. The number of phenolic OH excluding ortho intramolecular Hbond substituents is 1. The van der Waals surface area contributed by atoms with Crippen molar-refractivity contribution in [3.05, 3.63) is 29.8 Å². The highest BCUT2D eigenvalue weighted by Crippen LogP contribution is 2.11. The minimum Gasteiger partial charge on any atom is -0.508 e. The molecule has 100 valence electrons. The molecule has 5 N–H and O–H groups in total. The van der Waals surface area contributed by atoms with Gasteiger partial charge in [-0.15, -0.1) is 0 Å². The number of hydrogen-bond donors (Lipinski definition) is 5. The predicted molar refractivity (Wildman–Crippen MR) is 73.1 cm³/mol. The Morgan fingerprint density at radius 1 is 1.39 bits per heavy atom. The van der Waals surface area contributed by atoms with Gasteiger partial charge in [-0.2, -0.15) is 12.6 Å². The molecule has 1 rings (SSSR count). The van der Waals surface area contributed by atoms with E-state index in [4.69, 9.17) is 15.9 Å². The number of rotatable bonds is 7. The van der Waals surface area contributed by atoms with Crippen LogP contribution in [0.2, 0.25) is 0 Å². The zero-order chi connectivity index (χ0) is 13.5. The fourth-order valence-corrected chi connectivity index (χ4v) is 1.60. The van der Waals surface area contributed by atoms with E-state index in [0.717, 1.165) is 5.56 Å². The van der Waals surface area contributed by atoms with Crippen molar-refractivity contribution in [3.8, 4) is 5.75 Å². The number of nitrogens with two attached hydrogens (primary N) is 1. The third-order valence-electron chi connectivity index (χ3n) is 2.54. The number of carbonyl (C=O) groups is 1. The normalized spacial score (nSPS) is 14.1. The van der Waals surface area contributed by atoms with Gasteiger partial charge in [0.05, 0.1) is 0 Å². The van der Waals surface area contributed by atoms with E-state index in [0.29, 0.717) is 18.7 Å². The van der Waals surface area contributed by atoms with E-state index in [1.807, 2.05) is 0 Å². The number of benzene rings is 1. The molecule has 0 radical (unpaired) electrons. The quantitative estimate of drug-likeness (QED) is 0.457. The number of hydrogen-bond acceptors (Lipinski definition) is 5. The summed E-state index contributed by atoms with van der Waals surface area (Å²) >= 11 is 4.04. The highest BCUT2D eigenvalue weighted by atomic mass is 32.1. The van der Waals surface area contributed by atoms with Crippen molar-refractivity contribution >= 4 is 18.6 Å². The highest BCUT2D eigenvalue weighted by molar-refractivity contribution is 7.80. The van der Waals surface area contributed by atoms with E-state index in [9.17, 15) is 4.79 Å². The van der Waals surface area contributed by atoms with E-state index in [-0.39, 0.29) is 11.8 Å². The van der Waals surface area contributed by atoms with Crippen LogP contribution in [0.25, 0.3) is 0 Å². The first-order valence-corrected chi connectivity index (χ1v) is 6.26. The molecule has 0 fully saturated rings. The van der Waals surface area contributed by atoms with Gasteiger partial charge < -0.3 is 21.3 Å². The third-order valence-corrected chi connectivity index (χ3v) is 3.00. The molecule has 0 saturated carbocycles. The first-order chi connectivity index (χ1) is 8.52. The van der Waals surface area contributed by atoms with Crippen LogP contribution in [0.4, 0.5) is 0 Å². The Balaban J connectivity index is 2.57. The van der Waals surface area contributed by atoms with Crippen LogP contribution in [-0.2, 0) is 11.2 Å². The Morgan fingerprint density at radius 2 is 2.00 bits per heavy atom. The van der Waals surface area contributed by atoms with Gasteiger partial charge in [0, 0.05) is 18.3 Å². The zero-order valence-electron chi connectivity index (χ0n) is 9.91.